The topological polar surface area (TPSA) is 47.7 Å². The van der Waals surface area contributed by atoms with E-state index in [0.717, 1.165) is 37.4 Å². The highest BCUT2D eigenvalue weighted by molar-refractivity contribution is 5.50. The Balaban J connectivity index is 2.00. The summed E-state index contributed by atoms with van der Waals surface area (Å²) in [7, 11) is 3.37. The highest BCUT2D eigenvalue weighted by Gasteiger charge is 2.32. The summed E-state index contributed by atoms with van der Waals surface area (Å²) >= 11 is 0. The van der Waals surface area contributed by atoms with Gasteiger partial charge in [0.05, 0.1) is 20.3 Å². The van der Waals surface area contributed by atoms with Crippen molar-refractivity contribution in [1.29, 1.82) is 0 Å². The average Bonchev–Trinajstić information content (AvgIpc) is 2.67. The lowest BCUT2D eigenvalue weighted by molar-refractivity contribution is 0.148. The summed E-state index contributed by atoms with van der Waals surface area (Å²) in [5.41, 5.74) is 11.9. The maximum absolute atomic E-state index is 6.59. The number of hydrogen-bond donors (Lipinski definition) is 1. The first-order chi connectivity index (χ1) is 12.6. The lowest BCUT2D eigenvalue weighted by Gasteiger charge is -2.41. The Labute approximate surface area is 156 Å². The van der Waals surface area contributed by atoms with Crippen molar-refractivity contribution in [2.24, 2.45) is 5.73 Å². The number of nitrogens with two attached hydrogens (primary N) is 1. The molecule has 0 unspecified atom stereocenters. The van der Waals surface area contributed by atoms with Crippen molar-refractivity contribution in [3.05, 3.63) is 58.7 Å². The number of methoxy groups -OCH3 is 2. The predicted molar refractivity (Wildman–Crippen MR) is 106 cm³/mol. The van der Waals surface area contributed by atoms with Crippen molar-refractivity contribution < 1.29 is 9.47 Å². The zero-order valence-electron chi connectivity index (χ0n) is 16.3. The highest BCUT2D eigenvalue weighted by atomic mass is 16.5. The fourth-order valence-corrected chi connectivity index (χ4v) is 3.94. The molecule has 0 aliphatic carbocycles. The third kappa shape index (κ3) is 3.57. The fourth-order valence-electron chi connectivity index (χ4n) is 3.94. The molecule has 0 bridgehead atoms. The van der Waals surface area contributed by atoms with Gasteiger partial charge in [0.1, 0.15) is 0 Å². The zero-order valence-corrected chi connectivity index (χ0v) is 16.3. The van der Waals surface area contributed by atoms with E-state index in [-0.39, 0.29) is 12.1 Å². The number of ether oxygens (including phenoxy) is 2. The summed E-state index contributed by atoms with van der Waals surface area (Å²) in [6.45, 7) is 6.25. The molecule has 2 N–H and O–H groups in total. The van der Waals surface area contributed by atoms with E-state index in [9.17, 15) is 0 Å². The molecule has 3 rings (SSSR count). The van der Waals surface area contributed by atoms with Crippen LogP contribution < -0.4 is 15.2 Å². The summed E-state index contributed by atoms with van der Waals surface area (Å²) in [6, 6.07) is 13.1. The van der Waals surface area contributed by atoms with Gasteiger partial charge in [0.2, 0.25) is 0 Å². The lowest BCUT2D eigenvalue weighted by atomic mass is 9.86. The number of aryl methyl sites for hydroxylation is 1. The van der Waals surface area contributed by atoms with Crippen molar-refractivity contribution in [1.82, 2.24) is 4.90 Å². The van der Waals surface area contributed by atoms with Crippen molar-refractivity contribution in [3.8, 4) is 11.5 Å². The van der Waals surface area contributed by atoms with E-state index in [2.05, 4.69) is 55.1 Å². The lowest BCUT2D eigenvalue weighted by Crippen LogP contribution is -2.44. The van der Waals surface area contributed by atoms with Crippen LogP contribution in [0.4, 0.5) is 0 Å². The Bertz CT molecular complexity index is 760. The maximum Gasteiger partial charge on any atom is 0.161 e. The molecule has 140 valence electrons. The smallest absolute Gasteiger partial charge is 0.161 e. The van der Waals surface area contributed by atoms with Gasteiger partial charge in [0.15, 0.2) is 11.5 Å². The molecule has 0 saturated heterocycles. The molecule has 0 radical (unpaired) electrons. The molecule has 2 aromatic rings. The SMILES string of the molecule is CC[C@@H](N)[C@@H]1c2cc(OC)c(OC)cc2CCN1Cc1ccccc1C. The van der Waals surface area contributed by atoms with Crippen LogP contribution in [0.2, 0.25) is 0 Å². The summed E-state index contributed by atoms with van der Waals surface area (Å²) < 4.78 is 11.0. The van der Waals surface area contributed by atoms with E-state index >= 15 is 0 Å². The molecule has 0 aromatic heterocycles. The molecule has 0 fully saturated rings. The van der Waals surface area contributed by atoms with Crippen LogP contribution in [0, 0.1) is 6.92 Å². The van der Waals surface area contributed by atoms with E-state index in [0.29, 0.717) is 0 Å². The minimum absolute atomic E-state index is 0.0798. The summed E-state index contributed by atoms with van der Waals surface area (Å²) in [5, 5.41) is 0. The van der Waals surface area contributed by atoms with Gasteiger partial charge in [-0.25, -0.2) is 0 Å². The van der Waals surface area contributed by atoms with Crippen molar-refractivity contribution in [2.45, 2.75) is 45.3 Å². The van der Waals surface area contributed by atoms with Crippen molar-refractivity contribution in [2.75, 3.05) is 20.8 Å². The molecule has 2 aromatic carbocycles. The molecule has 1 aliphatic heterocycles. The van der Waals surface area contributed by atoms with Crippen LogP contribution in [-0.2, 0) is 13.0 Å². The summed E-state index contributed by atoms with van der Waals surface area (Å²) in [4.78, 5) is 2.52. The molecule has 4 nitrogen and oxygen atoms in total. The van der Waals surface area contributed by atoms with Crippen LogP contribution in [0.1, 0.15) is 41.6 Å². The number of nitrogens with zero attached hydrogens (tertiary/aromatic N) is 1. The Morgan fingerprint density at radius 2 is 1.85 bits per heavy atom. The van der Waals surface area contributed by atoms with Crippen LogP contribution in [0.25, 0.3) is 0 Å². The molecule has 0 spiro atoms. The molecular weight excluding hydrogens is 324 g/mol. The Kier molecular flexibility index (Phi) is 5.84. The molecule has 1 aliphatic rings. The highest BCUT2D eigenvalue weighted by Crippen LogP contribution is 2.40. The Morgan fingerprint density at radius 1 is 1.15 bits per heavy atom. The molecule has 1 heterocycles. The Hall–Kier alpha value is -2.04. The number of rotatable bonds is 6. The van der Waals surface area contributed by atoms with E-state index in [1.807, 2.05) is 0 Å². The first kappa shape index (κ1) is 18.7. The minimum atomic E-state index is 0.0798. The maximum atomic E-state index is 6.59. The largest absolute Gasteiger partial charge is 0.493 e. The summed E-state index contributed by atoms with van der Waals surface area (Å²) in [5.74, 6) is 1.57. The second-order valence-electron chi connectivity index (χ2n) is 7.07. The van der Waals surface area contributed by atoms with Gasteiger partial charge in [-0.05, 0) is 54.2 Å². The van der Waals surface area contributed by atoms with Gasteiger partial charge in [-0.15, -0.1) is 0 Å². The molecule has 0 amide bonds. The summed E-state index contributed by atoms with van der Waals surface area (Å²) in [6.07, 6.45) is 1.93. The van der Waals surface area contributed by atoms with E-state index in [1.165, 1.54) is 22.3 Å². The van der Waals surface area contributed by atoms with Gasteiger partial charge >= 0.3 is 0 Å². The number of fused-ring (bicyclic) bond motifs is 1. The fraction of sp³-hybridized carbons (Fsp3) is 0.455. The van der Waals surface area contributed by atoms with Gasteiger partial charge in [0, 0.05) is 19.1 Å². The van der Waals surface area contributed by atoms with Gasteiger partial charge in [-0.3, -0.25) is 4.90 Å². The third-order valence-electron chi connectivity index (χ3n) is 5.54. The van der Waals surface area contributed by atoms with Crippen molar-refractivity contribution in [3.63, 3.8) is 0 Å². The van der Waals surface area contributed by atoms with Gasteiger partial charge < -0.3 is 15.2 Å². The van der Waals surface area contributed by atoms with Gasteiger partial charge in [-0.2, -0.15) is 0 Å². The zero-order chi connectivity index (χ0) is 18.7. The predicted octanol–water partition coefficient (Wildman–Crippen LogP) is 3.85. The second-order valence-corrected chi connectivity index (χ2v) is 7.07. The van der Waals surface area contributed by atoms with Crippen LogP contribution in [-0.4, -0.2) is 31.7 Å². The number of hydrogen-bond acceptors (Lipinski definition) is 4. The van der Waals surface area contributed by atoms with Crippen LogP contribution >= 0.6 is 0 Å². The minimum Gasteiger partial charge on any atom is -0.493 e. The van der Waals surface area contributed by atoms with Crippen LogP contribution in [0.3, 0.4) is 0 Å². The normalized spacial score (nSPS) is 18.3. The third-order valence-corrected chi connectivity index (χ3v) is 5.54. The average molecular weight is 354 g/mol. The number of benzene rings is 2. The molecule has 2 atom stereocenters. The molecule has 0 saturated carbocycles. The molecular formula is C22H30N2O2. The molecule has 4 heteroatoms. The van der Waals surface area contributed by atoms with E-state index < -0.39 is 0 Å². The standard InChI is InChI=1S/C22H30N2O2/c1-5-19(23)22-18-13-21(26-4)20(25-3)12-16(18)10-11-24(22)14-17-9-7-6-8-15(17)2/h6-9,12-13,19,22H,5,10-11,14,23H2,1-4H3/t19-,22+/m1/s1. The monoisotopic (exact) mass is 354 g/mol. The van der Waals surface area contributed by atoms with Crippen LogP contribution in [0.15, 0.2) is 36.4 Å². The first-order valence-corrected chi connectivity index (χ1v) is 9.38. The second kappa shape index (κ2) is 8.11. The van der Waals surface area contributed by atoms with E-state index in [1.54, 1.807) is 14.2 Å². The Morgan fingerprint density at radius 3 is 2.50 bits per heavy atom. The van der Waals surface area contributed by atoms with E-state index in [4.69, 9.17) is 15.2 Å². The van der Waals surface area contributed by atoms with Crippen molar-refractivity contribution >= 4 is 0 Å². The van der Waals surface area contributed by atoms with Crippen LogP contribution in [0.5, 0.6) is 11.5 Å². The quantitative estimate of drug-likeness (QED) is 0.856. The van der Waals surface area contributed by atoms with Gasteiger partial charge in [0.25, 0.3) is 0 Å². The molecule has 26 heavy (non-hydrogen) atoms. The van der Waals surface area contributed by atoms with Gasteiger partial charge in [-0.1, -0.05) is 31.2 Å². The first-order valence-electron chi connectivity index (χ1n) is 9.38.